The zero-order valence-electron chi connectivity index (χ0n) is 11.8. The van der Waals surface area contributed by atoms with Gasteiger partial charge in [0.25, 0.3) is 5.91 Å². The first-order chi connectivity index (χ1) is 9.98. The van der Waals surface area contributed by atoms with E-state index in [2.05, 4.69) is 5.32 Å². The van der Waals surface area contributed by atoms with Gasteiger partial charge in [-0.1, -0.05) is 30.9 Å². The maximum atomic E-state index is 12.4. The highest BCUT2D eigenvalue weighted by Crippen LogP contribution is 2.30. The van der Waals surface area contributed by atoms with Gasteiger partial charge in [-0.05, 0) is 31.0 Å². The van der Waals surface area contributed by atoms with Crippen LogP contribution >= 0.6 is 11.6 Å². The fraction of sp³-hybridized carbons (Fsp3) is 0.467. The summed E-state index contributed by atoms with van der Waals surface area (Å²) in [6.45, 7) is 0. The Bertz CT molecular complexity index is 553. The summed E-state index contributed by atoms with van der Waals surface area (Å²) in [5, 5.41) is 12.6. The number of hydrogen-bond donors (Lipinski definition) is 2. The fourth-order valence-corrected chi connectivity index (χ4v) is 2.85. The van der Waals surface area contributed by atoms with Gasteiger partial charge in [0, 0.05) is 5.02 Å². The largest absolute Gasteiger partial charge is 0.496 e. The highest BCUT2D eigenvalue weighted by molar-refractivity contribution is 6.30. The van der Waals surface area contributed by atoms with Crippen LogP contribution in [0.3, 0.4) is 0 Å². The van der Waals surface area contributed by atoms with Crippen molar-refractivity contribution >= 4 is 23.5 Å². The Kier molecular flexibility index (Phi) is 4.73. The number of carbonyl (C=O) groups is 2. The van der Waals surface area contributed by atoms with E-state index < -0.39 is 17.4 Å². The van der Waals surface area contributed by atoms with Crippen molar-refractivity contribution in [3.63, 3.8) is 0 Å². The molecule has 0 heterocycles. The zero-order chi connectivity index (χ0) is 15.5. The molecule has 0 bridgehead atoms. The van der Waals surface area contributed by atoms with Crippen molar-refractivity contribution < 1.29 is 19.4 Å². The molecule has 0 spiro atoms. The minimum Gasteiger partial charge on any atom is -0.496 e. The average Bonchev–Trinajstić information content (AvgIpc) is 2.47. The number of aliphatic carboxylic acids is 1. The molecule has 0 aromatic heterocycles. The number of carboxylic acid groups (broad SMARTS) is 1. The molecule has 1 fully saturated rings. The molecule has 0 atom stereocenters. The molecule has 2 rings (SSSR count). The van der Waals surface area contributed by atoms with Crippen LogP contribution in [0.5, 0.6) is 5.75 Å². The summed E-state index contributed by atoms with van der Waals surface area (Å²) in [5.41, 5.74) is -0.895. The highest BCUT2D eigenvalue weighted by atomic mass is 35.5. The summed E-state index contributed by atoms with van der Waals surface area (Å²) in [5.74, 6) is -1.10. The second-order valence-electron chi connectivity index (χ2n) is 5.25. The lowest BCUT2D eigenvalue weighted by Gasteiger charge is -2.34. The van der Waals surface area contributed by atoms with E-state index in [-0.39, 0.29) is 5.56 Å². The van der Waals surface area contributed by atoms with Crippen molar-refractivity contribution in [1.82, 2.24) is 5.32 Å². The van der Waals surface area contributed by atoms with Gasteiger partial charge in [0.1, 0.15) is 11.3 Å². The second kappa shape index (κ2) is 6.35. The summed E-state index contributed by atoms with van der Waals surface area (Å²) < 4.78 is 5.14. The van der Waals surface area contributed by atoms with Crippen LogP contribution in [0.1, 0.15) is 42.5 Å². The second-order valence-corrected chi connectivity index (χ2v) is 5.68. The Morgan fingerprint density at radius 3 is 2.52 bits per heavy atom. The lowest BCUT2D eigenvalue weighted by Crippen LogP contribution is -2.55. The summed E-state index contributed by atoms with van der Waals surface area (Å²) in [6.07, 6.45) is 3.48. The Morgan fingerprint density at radius 1 is 1.29 bits per heavy atom. The van der Waals surface area contributed by atoms with Crippen molar-refractivity contribution in [3.05, 3.63) is 28.8 Å². The number of ether oxygens (including phenoxy) is 1. The van der Waals surface area contributed by atoms with E-state index in [9.17, 15) is 14.7 Å². The van der Waals surface area contributed by atoms with E-state index in [0.29, 0.717) is 23.6 Å². The summed E-state index contributed by atoms with van der Waals surface area (Å²) in [7, 11) is 1.44. The molecular formula is C15H18ClNO4. The molecular weight excluding hydrogens is 294 g/mol. The van der Waals surface area contributed by atoms with Gasteiger partial charge in [0.2, 0.25) is 0 Å². The van der Waals surface area contributed by atoms with Gasteiger partial charge in [-0.15, -0.1) is 0 Å². The zero-order valence-corrected chi connectivity index (χ0v) is 12.6. The van der Waals surface area contributed by atoms with Crippen LogP contribution in [0, 0.1) is 0 Å². The fourth-order valence-electron chi connectivity index (χ4n) is 2.68. The molecule has 1 aromatic rings. The first-order valence-corrected chi connectivity index (χ1v) is 7.26. The molecule has 1 saturated carbocycles. The average molecular weight is 312 g/mol. The van der Waals surface area contributed by atoms with Crippen LogP contribution in [-0.2, 0) is 4.79 Å². The van der Waals surface area contributed by atoms with E-state index >= 15 is 0 Å². The Labute approximate surface area is 128 Å². The predicted molar refractivity (Wildman–Crippen MR) is 78.9 cm³/mol. The lowest BCUT2D eigenvalue weighted by atomic mass is 9.81. The van der Waals surface area contributed by atoms with E-state index in [1.807, 2.05) is 0 Å². The summed E-state index contributed by atoms with van der Waals surface area (Å²) >= 11 is 5.86. The molecule has 0 aliphatic heterocycles. The minimum atomic E-state index is -1.18. The van der Waals surface area contributed by atoms with Crippen molar-refractivity contribution in [2.24, 2.45) is 0 Å². The molecule has 6 heteroatoms. The number of nitrogens with one attached hydrogen (secondary N) is 1. The minimum absolute atomic E-state index is 0.285. The Morgan fingerprint density at radius 2 is 1.95 bits per heavy atom. The smallest absolute Gasteiger partial charge is 0.329 e. The van der Waals surface area contributed by atoms with Crippen molar-refractivity contribution in [2.45, 2.75) is 37.6 Å². The number of carbonyl (C=O) groups excluding carboxylic acids is 1. The maximum absolute atomic E-state index is 12.4. The molecule has 2 N–H and O–H groups in total. The summed E-state index contributed by atoms with van der Waals surface area (Å²) in [6, 6.07) is 4.65. The van der Waals surface area contributed by atoms with Crippen LogP contribution < -0.4 is 10.1 Å². The first-order valence-electron chi connectivity index (χ1n) is 6.88. The first kappa shape index (κ1) is 15.6. The van der Waals surface area contributed by atoms with Crippen LogP contribution in [0.15, 0.2) is 18.2 Å². The van der Waals surface area contributed by atoms with Gasteiger partial charge in [-0.3, -0.25) is 4.79 Å². The maximum Gasteiger partial charge on any atom is 0.329 e. The predicted octanol–water partition coefficient (Wildman–Crippen LogP) is 2.87. The number of hydrogen-bond acceptors (Lipinski definition) is 3. The van der Waals surface area contributed by atoms with Crippen LogP contribution in [0.4, 0.5) is 0 Å². The van der Waals surface area contributed by atoms with Crippen molar-refractivity contribution in [3.8, 4) is 5.75 Å². The molecule has 1 aliphatic rings. The molecule has 21 heavy (non-hydrogen) atoms. The quantitative estimate of drug-likeness (QED) is 0.896. The number of benzene rings is 1. The third-order valence-electron chi connectivity index (χ3n) is 3.88. The van der Waals surface area contributed by atoms with E-state index in [1.165, 1.54) is 19.2 Å². The van der Waals surface area contributed by atoms with Gasteiger partial charge in [-0.25, -0.2) is 4.79 Å². The number of amides is 1. The number of rotatable bonds is 4. The topological polar surface area (TPSA) is 75.6 Å². The highest BCUT2D eigenvalue weighted by Gasteiger charge is 2.41. The van der Waals surface area contributed by atoms with Crippen molar-refractivity contribution in [1.29, 1.82) is 0 Å². The SMILES string of the molecule is COc1cc(Cl)ccc1C(=O)NC1(C(=O)O)CCCCC1. The van der Waals surface area contributed by atoms with Crippen molar-refractivity contribution in [2.75, 3.05) is 7.11 Å². The number of carboxylic acids is 1. The van der Waals surface area contributed by atoms with Gasteiger partial charge < -0.3 is 15.2 Å². The molecule has 0 radical (unpaired) electrons. The Hall–Kier alpha value is -1.75. The molecule has 0 unspecified atom stereocenters. The van der Waals surface area contributed by atoms with Gasteiger partial charge in [-0.2, -0.15) is 0 Å². The van der Waals surface area contributed by atoms with Gasteiger partial charge >= 0.3 is 5.97 Å². The van der Waals surface area contributed by atoms with E-state index in [1.54, 1.807) is 6.07 Å². The molecule has 114 valence electrons. The number of methoxy groups -OCH3 is 1. The molecule has 5 nitrogen and oxygen atoms in total. The molecule has 0 saturated heterocycles. The third-order valence-corrected chi connectivity index (χ3v) is 4.11. The third kappa shape index (κ3) is 3.29. The standard InChI is InChI=1S/C15H18ClNO4/c1-21-12-9-10(16)5-6-11(12)13(18)17-15(14(19)20)7-3-2-4-8-15/h5-6,9H,2-4,7-8H2,1H3,(H,17,18)(H,19,20). The van der Waals surface area contributed by atoms with E-state index in [4.69, 9.17) is 16.3 Å². The van der Waals surface area contributed by atoms with Gasteiger partial charge in [0.05, 0.1) is 12.7 Å². The monoisotopic (exact) mass is 311 g/mol. The number of halogens is 1. The molecule has 1 amide bonds. The van der Waals surface area contributed by atoms with E-state index in [0.717, 1.165) is 19.3 Å². The molecule has 1 aliphatic carbocycles. The molecule has 1 aromatic carbocycles. The van der Waals surface area contributed by atoms with Crippen LogP contribution in [0.25, 0.3) is 0 Å². The van der Waals surface area contributed by atoms with Crippen LogP contribution in [0.2, 0.25) is 5.02 Å². The van der Waals surface area contributed by atoms with Crippen LogP contribution in [-0.4, -0.2) is 29.6 Å². The lowest BCUT2D eigenvalue weighted by molar-refractivity contribution is -0.145. The summed E-state index contributed by atoms with van der Waals surface area (Å²) in [4.78, 5) is 24.0. The normalized spacial score (nSPS) is 17.0. The van der Waals surface area contributed by atoms with Gasteiger partial charge in [0.15, 0.2) is 0 Å². The Balaban J connectivity index is 2.25.